The molecule has 0 fully saturated rings. The van der Waals surface area contributed by atoms with Crippen LogP contribution in [0.5, 0.6) is 5.75 Å². The van der Waals surface area contributed by atoms with Gasteiger partial charge in [0.15, 0.2) is 0 Å². The molecule has 0 aliphatic rings. The van der Waals surface area contributed by atoms with Crippen LogP contribution < -0.4 is 4.74 Å². The zero-order valence-corrected chi connectivity index (χ0v) is 8.77. The van der Waals surface area contributed by atoms with Gasteiger partial charge in [0.05, 0.1) is 16.0 Å². The maximum Gasteiger partial charge on any atom is 0.271 e. The average Bonchev–Trinajstić information content (AvgIpc) is 2.15. The van der Waals surface area contributed by atoms with Crippen molar-refractivity contribution in [2.45, 2.75) is 13.0 Å². The van der Waals surface area contributed by atoms with Crippen LogP contribution in [0.15, 0.2) is 18.2 Å². The van der Waals surface area contributed by atoms with Crippen molar-refractivity contribution >= 4 is 17.3 Å². The summed E-state index contributed by atoms with van der Waals surface area (Å²) in [4.78, 5) is 9.86. The van der Waals surface area contributed by atoms with Crippen molar-refractivity contribution < 1.29 is 14.8 Å². The van der Waals surface area contributed by atoms with E-state index in [1.54, 1.807) is 6.92 Å². The van der Waals surface area contributed by atoms with E-state index in [9.17, 15) is 10.1 Å². The molecule has 0 spiro atoms. The molecule has 6 heteroatoms. The van der Waals surface area contributed by atoms with E-state index in [4.69, 9.17) is 21.4 Å². The van der Waals surface area contributed by atoms with Gasteiger partial charge >= 0.3 is 0 Å². The molecule has 1 N–H and O–H groups in total. The number of nitrogens with zero attached hydrogens (tertiary/aromatic N) is 1. The SMILES string of the molecule is CC(O)COc1ccc([N+](=O)[O-])cc1Cl. The zero-order valence-electron chi connectivity index (χ0n) is 8.01. The maximum absolute atomic E-state index is 10.4. The van der Waals surface area contributed by atoms with E-state index >= 15 is 0 Å². The molecule has 0 aromatic heterocycles. The lowest BCUT2D eigenvalue weighted by Gasteiger charge is -2.08. The second kappa shape index (κ2) is 4.95. The highest BCUT2D eigenvalue weighted by atomic mass is 35.5. The van der Waals surface area contributed by atoms with Crippen LogP contribution >= 0.6 is 11.6 Å². The quantitative estimate of drug-likeness (QED) is 0.636. The van der Waals surface area contributed by atoms with E-state index in [0.29, 0.717) is 5.75 Å². The van der Waals surface area contributed by atoms with Crippen LogP contribution in [0.2, 0.25) is 5.02 Å². The molecule has 0 heterocycles. The molecule has 0 amide bonds. The number of ether oxygens (including phenoxy) is 1. The van der Waals surface area contributed by atoms with Crippen LogP contribution in [0.1, 0.15) is 6.92 Å². The van der Waals surface area contributed by atoms with Gasteiger partial charge in [0.25, 0.3) is 5.69 Å². The number of nitro benzene ring substituents is 1. The summed E-state index contributed by atoms with van der Waals surface area (Å²) < 4.78 is 5.13. The fraction of sp³-hybridized carbons (Fsp3) is 0.333. The molecule has 0 radical (unpaired) electrons. The fourth-order valence-corrected chi connectivity index (χ4v) is 1.16. The fourth-order valence-electron chi connectivity index (χ4n) is 0.931. The Labute approximate surface area is 91.4 Å². The number of non-ortho nitro benzene ring substituents is 1. The monoisotopic (exact) mass is 231 g/mol. The predicted molar refractivity (Wildman–Crippen MR) is 55.3 cm³/mol. The second-order valence-corrected chi connectivity index (χ2v) is 3.44. The average molecular weight is 232 g/mol. The standard InChI is InChI=1S/C9H10ClNO4/c1-6(12)5-15-9-3-2-7(11(13)14)4-8(9)10/h2-4,6,12H,5H2,1H3. The smallest absolute Gasteiger partial charge is 0.271 e. The Kier molecular flexibility index (Phi) is 3.88. The Bertz CT molecular complexity index is 367. The number of halogens is 1. The number of aliphatic hydroxyl groups excluding tert-OH is 1. The molecule has 1 rings (SSSR count). The molecule has 0 aliphatic carbocycles. The number of nitro groups is 1. The van der Waals surface area contributed by atoms with Crippen molar-refractivity contribution in [3.8, 4) is 5.75 Å². The highest BCUT2D eigenvalue weighted by Crippen LogP contribution is 2.28. The molecule has 82 valence electrons. The van der Waals surface area contributed by atoms with E-state index in [0.717, 1.165) is 0 Å². The van der Waals surface area contributed by atoms with Crippen molar-refractivity contribution in [1.82, 2.24) is 0 Å². The van der Waals surface area contributed by atoms with Crippen molar-refractivity contribution in [3.05, 3.63) is 33.3 Å². The normalized spacial score (nSPS) is 12.2. The van der Waals surface area contributed by atoms with Gasteiger partial charge in [-0.25, -0.2) is 0 Å². The third kappa shape index (κ3) is 3.38. The Morgan fingerprint density at radius 1 is 1.67 bits per heavy atom. The molecule has 5 nitrogen and oxygen atoms in total. The van der Waals surface area contributed by atoms with Gasteiger partial charge in [-0.2, -0.15) is 0 Å². The van der Waals surface area contributed by atoms with Crippen LogP contribution in [0.25, 0.3) is 0 Å². The van der Waals surface area contributed by atoms with Crippen molar-refractivity contribution in [2.75, 3.05) is 6.61 Å². The number of aliphatic hydroxyl groups is 1. The largest absolute Gasteiger partial charge is 0.489 e. The minimum Gasteiger partial charge on any atom is -0.489 e. The summed E-state index contributed by atoms with van der Waals surface area (Å²) in [7, 11) is 0. The molecule has 0 saturated heterocycles. The third-order valence-electron chi connectivity index (χ3n) is 1.61. The summed E-state index contributed by atoms with van der Waals surface area (Å²) in [6.07, 6.45) is -0.615. The minimum atomic E-state index is -0.615. The Morgan fingerprint density at radius 3 is 2.80 bits per heavy atom. The number of hydrogen-bond donors (Lipinski definition) is 1. The molecule has 1 atom stereocenters. The van der Waals surface area contributed by atoms with Gasteiger partial charge in [-0.05, 0) is 13.0 Å². The van der Waals surface area contributed by atoms with E-state index in [1.807, 2.05) is 0 Å². The molecule has 1 aromatic rings. The van der Waals surface area contributed by atoms with Crippen molar-refractivity contribution in [2.24, 2.45) is 0 Å². The lowest BCUT2D eigenvalue weighted by atomic mass is 10.3. The van der Waals surface area contributed by atoms with E-state index in [2.05, 4.69) is 0 Å². The Morgan fingerprint density at radius 2 is 2.33 bits per heavy atom. The summed E-state index contributed by atoms with van der Waals surface area (Å²) in [6.45, 7) is 1.66. The van der Waals surface area contributed by atoms with E-state index in [1.165, 1.54) is 18.2 Å². The first-order valence-electron chi connectivity index (χ1n) is 4.25. The topological polar surface area (TPSA) is 72.6 Å². The molecular formula is C9H10ClNO4. The highest BCUT2D eigenvalue weighted by molar-refractivity contribution is 6.32. The lowest BCUT2D eigenvalue weighted by Crippen LogP contribution is -2.12. The Balaban J connectivity index is 2.79. The number of rotatable bonds is 4. The molecule has 1 aromatic carbocycles. The van der Waals surface area contributed by atoms with E-state index < -0.39 is 11.0 Å². The minimum absolute atomic E-state index is 0.0932. The van der Waals surface area contributed by atoms with Crippen LogP contribution in [-0.4, -0.2) is 22.7 Å². The van der Waals surface area contributed by atoms with Gasteiger partial charge in [0.2, 0.25) is 0 Å². The van der Waals surface area contributed by atoms with Crippen LogP contribution in [-0.2, 0) is 0 Å². The van der Waals surface area contributed by atoms with Crippen LogP contribution in [0, 0.1) is 10.1 Å². The van der Waals surface area contributed by atoms with Gasteiger partial charge < -0.3 is 9.84 Å². The van der Waals surface area contributed by atoms with Gasteiger partial charge in [-0.1, -0.05) is 11.6 Å². The number of benzene rings is 1. The van der Waals surface area contributed by atoms with Gasteiger partial charge in [0.1, 0.15) is 12.4 Å². The third-order valence-corrected chi connectivity index (χ3v) is 1.90. The first-order chi connectivity index (χ1) is 7.00. The highest BCUT2D eigenvalue weighted by Gasteiger charge is 2.10. The van der Waals surface area contributed by atoms with Crippen molar-refractivity contribution in [3.63, 3.8) is 0 Å². The van der Waals surface area contributed by atoms with Gasteiger partial charge in [-0.3, -0.25) is 10.1 Å². The molecule has 0 aliphatic heterocycles. The summed E-state index contributed by atoms with van der Waals surface area (Å²) in [5.74, 6) is 0.322. The number of hydrogen-bond acceptors (Lipinski definition) is 4. The van der Waals surface area contributed by atoms with E-state index in [-0.39, 0.29) is 17.3 Å². The summed E-state index contributed by atoms with van der Waals surface area (Å²) in [5.41, 5.74) is -0.0932. The van der Waals surface area contributed by atoms with Crippen LogP contribution in [0.4, 0.5) is 5.69 Å². The summed E-state index contributed by atoms with van der Waals surface area (Å²) in [6, 6.07) is 3.91. The molecule has 0 saturated carbocycles. The Hall–Kier alpha value is -1.33. The van der Waals surface area contributed by atoms with Crippen molar-refractivity contribution in [1.29, 1.82) is 0 Å². The molecular weight excluding hydrogens is 222 g/mol. The molecule has 0 bridgehead atoms. The maximum atomic E-state index is 10.4. The van der Waals surface area contributed by atoms with Crippen LogP contribution in [0.3, 0.4) is 0 Å². The van der Waals surface area contributed by atoms with Gasteiger partial charge in [0, 0.05) is 12.1 Å². The molecule has 1 unspecified atom stereocenters. The predicted octanol–water partition coefficient (Wildman–Crippen LogP) is 2.01. The second-order valence-electron chi connectivity index (χ2n) is 3.03. The zero-order chi connectivity index (χ0) is 11.4. The lowest BCUT2D eigenvalue weighted by molar-refractivity contribution is -0.384. The first-order valence-corrected chi connectivity index (χ1v) is 4.63. The summed E-state index contributed by atoms with van der Waals surface area (Å²) in [5, 5.41) is 19.5. The summed E-state index contributed by atoms with van der Waals surface area (Å²) >= 11 is 5.75. The first kappa shape index (κ1) is 11.7. The van der Waals surface area contributed by atoms with Gasteiger partial charge in [-0.15, -0.1) is 0 Å². The molecule has 15 heavy (non-hydrogen) atoms.